The Morgan fingerprint density at radius 2 is 2.12 bits per heavy atom. The van der Waals surface area contributed by atoms with E-state index in [2.05, 4.69) is 26.0 Å². The Morgan fingerprint density at radius 1 is 1.32 bits per heavy atom. The van der Waals surface area contributed by atoms with E-state index < -0.39 is 0 Å². The van der Waals surface area contributed by atoms with Gasteiger partial charge in [-0.15, -0.1) is 0 Å². The molecule has 2 rings (SSSR count). The van der Waals surface area contributed by atoms with E-state index >= 15 is 0 Å². The van der Waals surface area contributed by atoms with Crippen molar-refractivity contribution in [2.45, 2.75) is 83.8 Å². The molecule has 0 aromatic heterocycles. The molecule has 25 heavy (non-hydrogen) atoms. The average molecular weight is 350 g/mol. The van der Waals surface area contributed by atoms with Crippen LogP contribution in [0, 0.1) is 23.7 Å². The molecule has 0 aliphatic heterocycles. The van der Waals surface area contributed by atoms with E-state index in [1.807, 2.05) is 6.08 Å². The third-order valence-corrected chi connectivity index (χ3v) is 6.15. The van der Waals surface area contributed by atoms with Gasteiger partial charge in [0.15, 0.2) is 0 Å². The summed E-state index contributed by atoms with van der Waals surface area (Å²) in [6.45, 7) is 5.21. The first-order valence-electron chi connectivity index (χ1n) is 10.5. The Morgan fingerprint density at radius 3 is 2.84 bits per heavy atom. The molecule has 0 radical (unpaired) electrons. The van der Waals surface area contributed by atoms with Crippen LogP contribution in [0.5, 0.6) is 0 Å². The van der Waals surface area contributed by atoms with Gasteiger partial charge in [-0.3, -0.25) is 0 Å². The molecule has 0 amide bonds. The van der Waals surface area contributed by atoms with Gasteiger partial charge in [0.05, 0.1) is 12.2 Å². The Labute approximate surface area is 154 Å². The summed E-state index contributed by atoms with van der Waals surface area (Å²) in [5, 5.41) is 20.7. The fourth-order valence-corrected chi connectivity index (χ4v) is 4.70. The SMILES string of the molecule is CCCC[C@H](C)C[C@H](O)/C=C/[C@@H]1[C@H]2CC(CCCCN)=C[C@H]2C[C@H]1O. The van der Waals surface area contributed by atoms with Crippen LogP contribution in [0.3, 0.4) is 0 Å². The van der Waals surface area contributed by atoms with Crippen molar-refractivity contribution in [3.05, 3.63) is 23.8 Å². The maximum absolute atomic E-state index is 10.4. The minimum atomic E-state index is -0.378. The summed E-state index contributed by atoms with van der Waals surface area (Å²) in [5.41, 5.74) is 7.15. The van der Waals surface area contributed by atoms with Crippen LogP contribution in [0.4, 0.5) is 0 Å². The van der Waals surface area contributed by atoms with Gasteiger partial charge < -0.3 is 15.9 Å². The lowest BCUT2D eigenvalue weighted by Gasteiger charge is -2.19. The fraction of sp³-hybridized carbons (Fsp3) is 0.818. The highest BCUT2D eigenvalue weighted by Gasteiger charge is 2.43. The van der Waals surface area contributed by atoms with Gasteiger partial charge in [0.2, 0.25) is 0 Å². The number of aliphatic hydroxyl groups is 2. The molecule has 4 N–H and O–H groups in total. The molecule has 0 spiro atoms. The maximum atomic E-state index is 10.4. The Bertz CT molecular complexity index is 445. The van der Waals surface area contributed by atoms with E-state index in [-0.39, 0.29) is 18.1 Å². The molecule has 0 aromatic rings. The van der Waals surface area contributed by atoms with Gasteiger partial charge in [0, 0.05) is 5.92 Å². The Balaban J connectivity index is 1.82. The van der Waals surface area contributed by atoms with Crippen LogP contribution in [-0.2, 0) is 0 Å². The summed E-state index contributed by atoms with van der Waals surface area (Å²) in [6.07, 6.45) is 15.8. The maximum Gasteiger partial charge on any atom is 0.0723 e. The molecule has 144 valence electrons. The van der Waals surface area contributed by atoms with Gasteiger partial charge in [0.25, 0.3) is 0 Å². The molecule has 0 heterocycles. The lowest BCUT2D eigenvalue weighted by molar-refractivity contribution is 0.139. The highest BCUT2D eigenvalue weighted by molar-refractivity contribution is 5.21. The lowest BCUT2D eigenvalue weighted by atomic mass is 9.88. The summed E-state index contributed by atoms with van der Waals surface area (Å²) >= 11 is 0. The first kappa shape index (κ1) is 20.7. The second kappa shape index (κ2) is 10.5. The van der Waals surface area contributed by atoms with Crippen LogP contribution in [0.25, 0.3) is 0 Å². The summed E-state index contributed by atoms with van der Waals surface area (Å²) in [7, 11) is 0. The molecule has 0 saturated heterocycles. The van der Waals surface area contributed by atoms with Crippen LogP contribution < -0.4 is 5.73 Å². The summed E-state index contributed by atoms with van der Waals surface area (Å²) in [6, 6.07) is 0. The molecule has 1 saturated carbocycles. The molecule has 6 atom stereocenters. The molecular formula is C22H39NO2. The number of rotatable bonds is 11. The van der Waals surface area contributed by atoms with Crippen LogP contribution in [0.1, 0.15) is 71.6 Å². The van der Waals surface area contributed by atoms with Crippen molar-refractivity contribution < 1.29 is 10.2 Å². The first-order chi connectivity index (χ1) is 12.0. The van der Waals surface area contributed by atoms with Crippen molar-refractivity contribution in [1.29, 1.82) is 0 Å². The third-order valence-electron chi connectivity index (χ3n) is 6.15. The number of nitrogens with two attached hydrogens (primary N) is 1. The predicted molar refractivity (Wildman–Crippen MR) is 105 cm³/mol. The summed E-state index contributed by atoms with van der Waals surface area (Å²) < 4.78 is 0. The van der Waals surface area contributed by atoms with Gasteiger partial charge in [-0.2, -0.15) is 0 Å². The van der Waals surface area contributed by atoms with E-state index in [1.165, 1.54) is 25.7 Å². The first-order valence-corrected chi connectivity index (χ1v) is 10.5. The topological polar surface area (TPSA) is 66.5 Å². The Hall–Kier alpha value is -0.640. The van der Waals surface area contributed by atoms with Gasteiger partial charge in [-0.05, 0) is 62.8 Å². The molecule has 2 aliphatic rings. The van der Waals surface area contributed by atoms with Crippen molar-refractivity contribution in [3.63, 3.8) is 0 Å². The number of unbranched alkanes of at least 4 members (excludes halogenated alkanes) is 2. The van der Waals surface area contributed by atoms with Gasteiger partial charge in [-0.25, -0.2) is 0 Å². The number of aliphatic hydroxyl groups excluding tert-OH is 2. The van der Waals surface area contributed by atoms with E-state index in [9.17, 15) is 10.2 Å². The quantitative estimate of drug-likeness (QED) is 0.387. The normalized spacial score (nSPS) is 31.3. The van der Waals surface area contributed by atoms with E-state index in [0.29, 0.717) is 17.8 Å². The second-order valence-electron chi connectivity index (χ2n) is 8.42. The van der Waals surface area contributed by atoms with Gasteiger partial charge >= 0.3 is 0 Å². The molecule has 2 aliphatic carbocycles. The van der Waals surface area contributed by atoms with E-state index in [4.69, 9.17) is 5.73 Å². The Kier molecular flexibility index (Phi) is 8.68. The van der Waals surface area contributed by atoms with Crippen LogP contribution in [0.15, 0.2) is 23.8 Å². The van der Waals surface area contributed by atoms with E-state index in [0.717, 1.165) is 38.6 Å². The number of hydrogen-bond donors (Lipinski definition) is 3. The zero-order valence-corrected chi connectivity index (χ0v) is 16.2. The molecule has 0 aromatic carbocycles. The van der Waals surface area contributed by atoms with Gasteiger partial charge in [0.1, 0.15) is 0 Å². The summed E-state index contributed by atoms with van der Waals surface area (Å²) in [5.74, 6) is 1.82. The molecule has 0 unspecified atom stereocenters. The highest BCUT2D eigenvalue weighted by Crippen LogP contribution is 2.48. The van der Waals surface area contributed by atoms with Crippen molar-refractivity contribution in [2.24, 2.45) is 29.4 Å². The molecule has 0 bridgehead atoms. The smallest absolute Gasteiger partial charge is 0.0723 e. The third kappa shape index (κ3) is 6.23. The minimum Gasteiger partial charge on any atom is -0.392 e. The molecule has 3 nitrogen and oxygen atoms in total. The fourth-order valence-electron chi connectivity index (χ4n) is 4.70. The molecule has 3 heteroatoms. The van der Waals surface area contributed by atoms with Crippen LogP contribution in [-0.4, -0.2) is 29.0 Å². The molecular weight excluding hydrogens is 310 g/mol. The summed E-state index contributed by atoms with van der Waals surface area (Å²) in [4.78, 5) is 0. The largest absolute Gasteiger partial charge is 0.392 e. The van der Waals surface area contributed by atoms with Crippen LogP contribution >= 0.6 is 0 Å². The van der Waals surface area contributed by atoms with Crippen LogP contribution in [0.2, 0.25) is 0 Å². The zero-order chi connectivity index (χ0) is 18.2. The predicted octanol–water partition coefficient (Wildman–Crippen LogP) is 4.19. The monoisotopic (exact) mass is 349 g/mol. The van der Waals surface area contributed by atoms with Crippen molar-refractivity contribution in [2.75, 3.05) is 6.54 Å². The lowest BCUT2D eigenvalue weighted by Crippen LogP contribution is -2.18. The van der Waals surface area contributed by atoms with Gasteiger partial charge in [-0.1, -0.05) is 56.9 Å². The number of hydrogen-bond acceptors (Lipinski definition) is 3. The number of fused-ring (bicyclic) bond motifs is 1. The minimum absolute atomic E-state index is 0.203. The number of allylic oxidation sites excluding steroid dienone is 2. The second-order valence-corrected chi connectivity index (χ2v) is 8.42. The van der Waals surface area contributed by atoms with Crippen molar-refractivity contribution in [3.8, 4) is 0 Å². The van der Waals surface area contributed by atoms with Crippen molar-refractivity contribution >= 4 is 0 Å². The highest BCUT2D eigenvalue weighted by atomic mass is 16.3. The van der Waals surface area contributed by atoms with Crippen molar-refractivity contribution in [1.82, 2.24) is 0 Å². The standard InChI is InChI=1S/C22H39NO2/c1-3-4-7-16(2)12-19(24)9-10-20-21-14-17(8-5-6-11-23)13-18(21)15-22(20)25/h9-10,13,16,18-22,24-25H,3-8,11-12,14-15,23H2,1-2H3/b10-9+/t16-,18-,19+,20+,21-,22+/m0/s1. The zero-order valence-electron chi connectivity index (χ0n) is 16.2. The van der Waals surface area contributed by atoms with E-state index in [1.54, 1.807) is 5.57 Å². The average Bonchev–Trinajstić information content (AvgIpc) is 3.08. The molecule has 1 fully saturated rings.